The molecule has 0 aromatic heterocycles. The monoisotopic (exact) mass is 457 g/mol. The van der Waals surface area contributed by atoms with E-state index in [1.54, 1.807) is 30.3 Å². The molecule has 8 heteroatoms. The van der Waals surface area contributed by atoms with E-state index in [0.29, 0.717) is 15.8 Å². The van der Waals surface area contributed by atoms with E-state index in [1.165, 1.54) is 0 Å². The number of hydrogen-bond acceptors (Lipinski definition) is 4. The largest absolute Gasteiger partial charge is 0.483 e. The number of halogens is 1. The van der Waals surface area contributed by atoms with Gasteiger partial charge < -0.3 is 4.74 Å². The van der Waals surface area contributed by atoms with Gasteiger partial charge in [-0.1, -0.05) is 48.5 Å². The number of amides is 2. The Labute approximate surface area is 175 Å². The average Bonchev–Trinajstić information content (AvgIpc) is 2.71. The van der Waals surface area contributed by atoms with E-state index in [4.69, 9.17) is 17.0 Å². The van der Waals surface area contributed by atoms with Gasteiger partial charge in [0, 0.05) is 9.86 Å². The third-order valence-electron chi connectivity index (χ3n) is 3.77. The highest BCUT2D eigenvalue weighted by molar-refractivity contribution is 9.10. The van der Waals surface area contributed by atoms with Gasteiger partial charge in [-0.3, -0.25) is 25.8 Å². The molecule has 0 radical (unpaired) electrons. The molecule has 28 heavy (non-hydrogen) atoms. The molecule has 0 saturated heterocycles. The maximum atomic E-state index is 12.1. The predicted molar refractivity (Wildman–Crippen MR) is 115 cm³/mol. The lowest BCUT2D eigenvalue weighted by Crippen LogP contribution is -2.49. The van der Waals surface area contributed by atoms with Crippen LogP contribution in [0.1, 0.15) is 10.4 Å². The van der Waals surface area contributed by atoms with Gasteiger partial charge in [0.1, 0.15) is 5.75 Å². The molecular weight excluding hydrogens is 442 g/mol. The first-order valence-corrected chi connectivity index (χ1v) is 9.50. The third-order valence-corrected chi connectivity index (χ3v) is 4.67. The summed E-state index contributed by atoms with van der Waals surface area (Å²) in [5.41, 5.74) is 5.30. The number of rotatable bonds is 4. The second-order valence-electron chi connectivity index (χ2n) is 5.70. The lowest BCUT2D eigenvalue weighted by molar-refractivity contribution is -0.123. The molecule has 0 heterocycles. The van der Waals surface area contributed by atoms with Crippen LogP contribution in [0.5, 0.6) is 5.75 Å². The minimum atomic E-state index is -0.439. The fourth-order valence-electron chi connectivity index (χ4n) is 2.47. The Bertz CT molecular complexity index is 1040. The number of thiocarbonyl (C=S) groups is 1. The van der Waals surface area contributed by atoms with Crippen molar-refractivity contribution >= 4 is 55.8 Å². The maximum absolute atomic E-state index is 12.1. The number of carbonyl (C=O) groups excluding carboxylic acids is 2. The number of carbonyl (C=O) groups is 2. The zero-order valence-corrected chi connectivity index (χ0v) is 17.0. The number of nitrogens with one attached hydrogen (secondary N) is 3. The summed E-state index contributed by atoms with van der Waals surface area (Å²) in [5, 5.41) is 4.40. The van der Waals surface area contributed by atoms with Crippen molar-refractivity contribution < 1.29 is 14.3 Å². The van der Waals surface area contributed by atoms with Crippen molar-refractivity contribution in [1.82, 2.24) is 16.2 Å². The summed E-state index contributed by atoms with van der Waals surface area (Å²) in [6.07, 6.45) is 0. The highest BCUT2D eigenvalue weighted by atomic mass is 79.9. The molecule has 0 bridgehead atoms. The number of ether oxygens (including phenoxy) is 1. The van der Waals surface area contributed by atoms with Gasteiger partial charge in [0.2, 0.25) is 0 Å². The Balaban J connectivity index is 1.48. The summed E-state index contributed by atoms with van der Waals surface area (Å²) in [5.74, 6) is -0.227. The lowest BCUT2D eigenvalue weighted by Gasteiger charge is -2.12. The number of hydrazine groups is 1. The molecule has 0 spiro atoms. The summed E-state index contributed by atoms with van der Waals surface area (Å²) in [7, 11) is 0. The Kier molecular flexibility index (Phi) is 6.57. The van der Waals surface area contributed by atoms with Gasteiger partial charge in [-0.05, 0) is 51.7 Å². The molecule has 2 amide bonds. The third kappa shape index (κ3) is 5.05. The van der Waals surface area contributed by atoms with Crippen LogP contribution in [-0.2, 0) is 4.79 Å². The minimum Gasteiger partial charge on any atom is -0.483 e. The number of fused-ring (bicyclic) bond motifs is 1. The summed E-state index contributed by atoms with van der Waals surface area (Å²) in [6, 6.07) is 20.3. The molecule has 0 aliphatic heterocycles. The van der Waals surface area contributed by atoms with Gasteiger partial charge in [0.05, 0.1) is 5.56 Å². The van der Waals surface area contributed by atoms with Crippen LogP contribution in [-0.4, -0.2) is 23.5 Å². The molecule has 3 aromatic carbocycles. The second-order valence-corrected chi connectivity index (χ2v) is 6.96. The van der Waals surface area contributed by atoms with E-state index >= 15 is 0 Å². The van der Waals surface area contributed by atoms with Gasteiger partial charge >= 0.3 is 0 Å². The molecule has 3 N–H and O–H groups in total. The Morgan fingerprint density at radius 1 is 0.929 bits per heavy atom. The average molecular weight is 458 g/mol. The number of benzene rings is 3. The van der Waals surface area contributed by atoms with Crippen molar-refractivity contribution in [2.24, 2.45) is 0 Å². The van der Waals surface area contributed by atoms with Gasteiger partial charge in [-0.15, -0.1) is 0 Å². The van der Waals surface area contributed by atoms with Crippen LogP contribution in [0.25, 0.3) is 10.8 Å². The van der Waals surface area contributed by atoms with Crippen molar-refractivity contribution in [2.45, 2.75) is 0 Å². The van der Waals surface area contributed by atoms with E-state index in [9.17, 15) is 9.59 Å². The van der Waals surface area contributed by atoms with Crippen LogP contribution in [0.15, 0.2) is 71.2 Å². The van der Waals surface area contributed by atoms with Crippen LogP contribution in [0.3, 0.4) is 0 Å². The zero-order chi connectivity index (χ0) is 19.9. The zero-order valence-electron chi connectivity index (χ0n) is 14.6. The molecule has 6 nitrogen and oxygen atoms in total. The van der Waals surface area contributed by atoms with Crippen LogP contribution in [0, 0.1) is 0 Å². The summed E-state index contributed by atoms with van der Waals surface area (Å²) < 4.78 is 6.23. The van der Waals surface area contributed by atoms with Crippen molar-refractivity contribution in [3.63, 3.8) is 0 Å². The summed E-state index contributed by atoms with van der Waals surface area (Å²) >= 11 is 8.32. The van der Waals surface area contributed by atoms with Crippen molar-refractivity contribution in [2.75, 3.05) is 6.61 Å². The highest BCUT2D eigenvalue weighted by Gasteiger charge is 2.11. The molecule has 0 unspecified atom stereocenters. The summed E-state index contributed by atoms with van der Waals surface area (Å²) in [4.78, 5) is 24.1. The fourth-order valence-corrected chi connectivity index (χ4v) is 3.08. The maximum Gasteiger partial charge on any atom is 0.276 e. The van der Waals surface area contributed by atoms with E-state index in [-0.39, 0.29) is 11.7 Å². The van der Waals surface area contributed by atoms with Crippen LogP contribution >= 0.6 is 28.1 Å². The normalized spacial score (nSPS) is 10.2. The first-order chi connectivity index (χ1) is 13.5. The van der Waals surface area contributed by atoms with Crippen LogP contribution in [0.2, 0.25) is 0 Å². The van der Waals surface area contributed by atoms with Crippen LogP contribution < -0.4 is 20.9 Å². The van der Waals surface area contributed by atoms with Gasteiger partial charge in [0.25, 0.3) is 11.8 Å². The minimum absolute atomic E-state index is 0.0285. The highest BCUT2D eigenvalue weighted by Crippen LogP contribution is 2.24. The van der Waals surface area contributed by atoms with Crippen LogP contribution in [0.4, 0.5) is 0 Å². The first kappa shape index (κ1) is 19.8. The van der Waals surface area contributed by atoms with E-state index in [1.807, 2.05) is 36.4 Å². The molecule has 0 aliphatic rings. The smallest absolute Gasteiger partial charge is 0.276 e. The standard InChI is InChI=1S/C20H16BrN3O3S/c21-16-10-4-3-9-15(16)19(26)22-20(28)24-23-18(25)12-27-17-11-5-7-13-6-1-2-8-14(13)17/h1-11H,12H2,(H,23,25)(H2,22,24,26,28). The van der Waals surface area contributed by atoms with Gasteiger partial charge in [-0.25, -0.2) is 0 Å². The molecule has 0 fully saturated rings. The fraction of sp³-hybridized carbons (Fsp3) is 0.0500. The second kappa shape index (κ2) is 9.29. The molecule has 0 atom stereocenters. The van der Waals surface area contributed by atoms with Gasteiger partial charge in [-0.2, -0.15) is 0 Å². The number of hydrogen-bond donors (Lipinski definition) is 3. The molecule has 3 rings (SSSR count). The summed E-state index contributed by atoms with van der Waals surface area (Å²) in [6.45, 7) is -0.207. The van der Waals surface area contributed by atoms with E-state index in [2.05, 4.69) is 32.1 Å². The quantitative estimate of drug-likeness (QED) is 0.413. The molecule has 142 valence electrons. The first-order valence-electron chi connectivity index (χ1n) is 8.30. The Morgan fingerprint density at radius 3 is 2.46 bits per heavy atom. The van der Waals surface area contributed by atoms with Crippen molar-refractivity contribution in [3.8, 4) is 5.75 Å². The molecule has 3 aromatic rings. The topological polar surface area (TPSA) is 79.5 Å². The van der Waals surface area contributed by atoms with Crippen molar-refractivity contribution in [3.05, 3.63) is 76.8 Å². The molecular formula is C20H16BrN3O3S. The van der Waals surface area contributed by atoms with E-state index in [0.717, 1.165) is 10.8 Å². The van der Waals surface area contributed by atoms with Gasteiger partial charge in [0.15, 0.2) is 11.7 Å². The lowest BCUT2D eigenvalue weighted by atomic mass is 10.1. The van der Waals surface area contributed by atoms with Crippen molar-refractivity contribution in [1.29, 1.82) is 0 Å². The Hall–Kier alpha value is -2.97. The SMILES string of the molecule is O=C(COc1cccc2ccccc12)NNC(=S)NC(=O)c1ccccc1Br. The van der Waals surface area contributed by atoms with E-state index < -0.39 is 11.8 Å². The predicted octanol–water partition coefficient (Wildman–Crippen LogP) is 3.32. The molecule has 0 aliphatic carbocycles. The molecule has 0 saturated carbocycles. The Morgan fingerprint density at radius 2 is 1.64 bits per heavy atom.